The van der Waals surface area contributed by atoms with Crippen molar-refractivity contribution in [1.29, 1.82) is 0 Å². The molecular weight excluding hydrogens is 322 g/mol. The first kappa shape index (κ1) is 19.2. The fourth-order valence-corrected chi connectivity index (χ4v) is 4.06. The van der Waals surface area contributed by atoms with Gasteiger partial charge in [-0.3, -0.25) is 4.79 Å². The minimum Gasteiger partial charge on any atom is -0.371 e. The average Bonchev–Trinajstić information content (AvgIpc) is 2.59. The monoisotopic (exact) mass is 357 g/mol. The van der Waals surface area contributed by atoms with Crippen LogP contribution in [0.3, 0.4) is 0 Å². The first-order chi connectivity index (χ1) is 12.5. The highest BCUT2D eigenvalue weighted by Gasteiger charge is 2.25. The first-order valence-corrected chi connectivity index (χ1v) is 10.3. The molecule has 2 aliphatic rings. The van der Waals surface area contributed by atoms with Crippen molar-refractivity contribution < 1.29 is 4.79 Å². The number of carbonyl (C=O) groups excluding carboxylic acids is 1. The van der Waals surface area contributed by atoms with Crippen LogP contribution in [0.1, 0.15) is 56.6 Å². The molecule has 0 saturated carbocycles. The van der Waals surface area contributed by atoms with Gasteiger partial charge in [0.05, 0.1) is 6.42 Å². The Kier molecular flexibility index (Phi) is 6.23. The van der Waals surface area contributed by atoms with E-state index in [1.165, 1.54) is 29.7 Å². The van der Waals surface area contributed by atoms with Gasteiger partial charge in [0.25, 0.3) is 0 Å². The Morgan fingerprint density at radius 3 is 2.42 bits per heavy atom. The summed E-state index contributed by atoms with van der Waals surface area (Å²) in [7, 11) is 4.36. The molecule has 0 radical (unpaired) electrons. The third kappa shape index (κ3) is 4.22. The van der Waals surface area contributed by atoms with E-state index in [1.807, 2.05) is 4.90 Å². The molecule has 2 saturated heterocycles. The van der Waals surface area contributed by atoms with Crippen LogP contribution < -0.4 is 4.90 Å². The Bertz CT molecular complexity index is 616. The molecule has 2 aliphatic heterocycles. The lowest BCUT2D eigenvalue weighted by molar-refractivity contribution is -0.133. The summed E-state index contributed by atoms with van der Waals surface area (Å²) in [6, 6.07) is 7.53. The molecule has 0 aliphatic carbocycles. The summed E-state index contributed by atoms with van der Waals surface area (Å²) in [5.41, 5.74) is 3.87. The molecule has 0 bridgehead atoms. The summed E-state index contributed by atoms with van der Waals surface area (Å²) in [6.07, 6.45) is 5.23. The first-order valence-electron chi connectivity index (χ1n) is 10.3. The summed E-state index contributed by atoms with van der Waals surface area (Å²) < 4.78 is 0. The summed E-state index contributed by atoms with van der Waals surface area (Å²) >= 11 is 0. The van der Waals surface area contributed by atoms with Crippen LogP contribution in [0.15, 0.2) is 18.2 Å². The van der Waals surface area contributed by atoms with Gasteiger partial charge in [-0.05, 0) is 62.9 Å². The van der Waals surface area contributed by atoms with Gasteiger partial charge in [0.1, 0.15) is 0 Å². The number of nitrogens with zero attached hydrogens (tertiary/aromatic N) is 3. The lowest BCUT2D eigenvalue weighted by Gasteiger charge is -2.38. The van der Waals surface area contributed by atoms with E-state index in [0.717, 1.165) is 39.0 Å². The minimum atomic E-state index is 0.293. The SMILES string of the molecule is CCC(C)c1ccc(N2CCC(N(C)C)CC2)c(CC(=O)N2CCC2)c1. The van der Waals surface area contributed by atoms with Crippen molar-refractivity contribution in [3.8, 4) is 0 Å². The zero-order valence-electron chi connectivity index (χ0n) is 17.0. The maximum atomic E-state index is 12.6. The fourth-order valence-electron chi connectivity index (χ4n) is 4.06. The number of hydrogen-bond acceptors (Lipinski definition) is 3. The molecule has 0 aromatic heterocycles. The Morgan fingerprint density at radius 2 is 1.88 bits per heavy atom. The molecule has 4 heteroatoms. The maximum Gasteiger partial charge on any atom is 0.227 e. The summed E-state index contributed by atoms with van der Waals surface area (Å²) in [5, 5.41) is 0. The van der Waals surface area contributed by atoms with Crippen molar-refractivity contribution in [2.75, 3.05) is 45.2 Å². The predicted molar refractivity (Wildman–Crippen MR) is 109 cm³/mol. The van der Waals surface area contributed by atoms with Gasteiger partial charge in [-0.25, -0.2) is 0 Å². The number of piperidine rings is 1. The third-order valence-electron chi connectivity index (χ3n) is 6.37. The fraction of sp³-hybridized carbons (Fsp3) is 0.682. The van der Waals surface area contributed by atoms with Crippen molar-refractivity contribution >= 4 is 11.6 Å². The van der Waals surface area contributed by atoms with Gasteiger partial charge in [0.2, 0.25) is 5.91 Å². The van der Waals surface area contributed by atoms with Crippen LogP contribution in [0.5, 0.6) is 0 Å². The van der Waals surface area contributed by atoms with E-state index in [4.69, 9.17) is 0 Å². The van der Waals surface area contributed by atoms with Crippen molar-refractivity contribution in [2.24, 2.45) is 0 Å². The average molecular weight is 358 g/mol. The van der Waals surface area contributed by atoms with Crippen LogP contribution in [-0.4, -0.2) is 62.0 Å². The van der Waals surface area contributed by atoms with Gasteiger partial charge in [0, 0.05) is 37.9 Å². The predicted octanol–water partition coefficient (Wildman–Crippen LogP) is 3.51. The third-order valence-corrected chi connectivity index (χ3v) is 6.37. The van der Waals surface area contributed by atoms with Gasteiger partial charge in [0.15, 0.2) is 0 Å². The Morgan fingerprint density at radius 1 is 1.19 bits per heavy atom. The highest BCUT2D eigenvalue weighted by atomic mass is 16.2. The minimum absolute atomic E-state index is 0.293. The quantitative estimate of drug-likeness (QED) is 0.779. The van der Waals surface area contributed by atoms with Crippen molar-refractivity contribution in [3.05, 3.63) is 29.3 Å². The molecule has 1 aromatic carbocycles. The Hall–Kier alpha value is -1.55. The smallest absolute Gasteiger partial charge is 0.227 e. The van der Waals surface area contributed by atoms with Gasteiger partial charge in [-0.1, -0.05) is 26.0 Å². The van der Waals surface area contributed by atoms with Crippen LogP contribution in [0.2, 0.25) is 0 Å². The van der Waals surface area contributed by atoms with Crippen molar-refractivity contribution in [2.45, 2.75) is 57.9 Å². The highest BCUT2D eigenvalue weighted by molar-refractivity contribution is 5.81. The molecule has 3 rings (SSSR count). The van der Waals surface area contributed by atoms with E-state index in [0.29, 0.717) is 24.3 Å². The van der Waals surface area contributed by atoms with Gasteiger partial charge in [-0.2, -0.15) is 0 Å². The number of rotatable bonds is 6. The second-order valence-corrected chi connectivity index (χ2v) is 8.29. The molecule has 2 fully saturated rings. The molecule has 1 atom stereocenters. The second-order valence-electron chi connectivity index (χ2n) is 8.29. The van der Waals surface area contributed by atoms with Crippen molar-refractivity contribution in [1.82, 2.24) is 9.80 Å². The maximum absolute atomic E-state index is 12.6. The standard InChI is InChI=1S/C22H35N3O/c1-5-17(2)18-7-8-21(24-13-9-20(10-14-24)23(3)4)19(15-18)16-22(26)25-11-6-12-25/h7-8,15,17,20H,5-6,9-14,16H2,1-4H3. The Balaban J connectivity index is 1.80. The van der Waals surface area contributed by atoms with E-state index in [9.17, 15) is 4.79 Å². The number of benzene rings is 1. The van der Waals surface area contributed by atoms with Crippen LogP contribution >= 0.6 is 0 Å². The molecule has 1 amide bonds. The Labute approximate surface area is 159 Å². The summed E-state index contributed by atoms with van der Waals surface area (Å²) in [4.78, 5) is 19.5. The number of amides is 1. The molecule has 0 N–H and O–H groups in total. The normalized spacial score (nSPS) is 19.6. The van der Waals surface area contributed by atoms with Crippen LogP contribution in [0, 0.1) is 0 Å². The molecule has 144 valence electrons. The van der Waals surface area contributed by atoms with Crippen molar-refractivity contribution in [3.63, 3.8) is 0 Å². The van der Waals surface area contributed by atoms with Crippen LogP contribution in [-0.2, 0) is 11.2 Å². The topological polar surface area (TPSA) is 26.8 Å². The van der Waals surface area contributed by atoms with Gasteiger partial charge in [-0.15, -0.1) is 0 Å². The van der Waals surface area contributed by atoms with Gasteiger partial charge >= 0.3 is 0 Å². The molecule has 1 unspecified atom stereocenters. The molecular formula is C22H35N3O. The number of anilines is 1. The van der Waals surface area contributed by atoms with E-state index in [-0.39, 0.29) is 0 Å². The lowest BCUT2D eigenvalue weighted by Crippen LogP contribution is -2.44. The summed E-state index contributed by atoms with van der Waals surface area (Å²) in [6.45, 7) is 8.54. The molecule has 4 nitrogen and oxygen atoms in total. The van der Waals surface area contributed by atoms with E-state index >= 15 is 0 Å². The van der Waals surface area contributed by atoms with Crippen LogP contribution in [0.25, 0.3) is 0 Å². The zero-order chi connectivity index (χ0) is 18.7. The lowest BCUT2D eigenvalue weighted by atomic mass is 9.93. The number of likely N-dealkylation sites (tertiary alicyclic amines) is 1. The molecule has 1 aromatic rings. The molecule has 26 heavy (non-hydrogen) atoms. The van der Waals surface area contributed by atoms with E-state index < -0.39 is 0 Å². The molecule has 2 heterocycles. The number of hydrogen-bond donors (Lipinski definition) is 0. The van der Waals surface area contributed by atoms with Gasteiger partial charge < -0.3 is 14.7 Å². The summed E-state index contributed by atoms with van der Waals surface area (Å²) in [5.74, 6) is 0.836. The van der Waals surface area contributed by atoms with E-state index in [2.05, 4.69) is 55.9 Å². The van der Waals surface area contributed by atoms with Crippen LogP contribution in [0.4, 0.5) is 5.69 Å². The van der Waals surface area contributed by atoms with E-state index in [1.54, 1.807) is 0 Å². The largest absolute Gasteiger partial charge is 0.371 e. The molecule has 0 spiro atoms. The highest BCUT2D eigenvalue weighted by Crippen LogP contribution is 2.30. The number of carbonyl (C=O) groups is 1. The second kappa shape index (κ2) is 8.43. The zero-order valence-corrected chi connectivity index (χ0v) is 17.0.